The molecule has 1 aromatic carbocycles. The number of rotatable bonds is 8. The molecule has 0 saturated carbocycles. The van der Waals surface area contributed by atoms with Gasteiger partial charge in [-0.1, -0.05) is 18.2 Å². The number of esters is 2. The van der Waals surface area contributed by atoms with Gasteiger partial charge in [-0.15, -0.1) is 11.3 Å². The summed E-state index contributed by atoms with van der Waals surface area (Å²) in [6.45, 7) is 0.972. The Hall–Kier alpha value is -3.20. The Kier molecular flexibility index (Phi) is 7.50. The molecule has 1 heterocycles. The van der Waals surface area contributed by atoms with Gasteiger partial charge in [0.2, 0.25) is 0 Å². The van der Waals surface area contributed by atoms with Crippen molar-refractivity contribution in [3.63, 3.8) is 0 Å². The Bertz CT molecular complexity index is 819. The van der Waals surface area contributed by atoms with Crippen LogP contribution in [0, 0.1) is 0 Å². The van der Waals surface area contributed by atoms with Crippen molar-refractivity contribution in [1.29, 1.82) is 0 Å². The monoisotopic (exact) mass is 390 g/mol. The number of thiophene rings is 1. The number of hydrogen-bond donors (Lipinski definition) is 2. The molecule has 9 heteroatoms. The third kappa shape index (κ3) is 6.23. The van der Waals surface area contributed by atoms with Crippen LogP contribution in [0.25, 0.3) is 0 Å². The second-order valence-corrected chi connectivity index (χ2v) is 6.08. The van der Waals surface area contributed by atoms with E-state index >= 15 is 0 Å². The standard InChI is InChI=1S/C18H18N2O6S/c1-2-25-18(24)12-6-3-4-7-13(12)20-15(21)11-26-16(22)10-19-17(23)14-8-5-9-27-14/h3-9H,2,10-11H2,1H3,(H,19,23)(H,20,21). The van der Waals surface area contributed by atoms with Crippen LogP contribution in [0.2, 0.25) is 0 Å². The molecular formula is C18H18N2O6S. The fourth-order valence-corrected chi connectivity index (χ4v) is 2.65. The molecular weight excluding hydrogens is 372 g/mol. The second-order valence-electron chi connectivity index (χ2n) is 5.13. The first-order valence-corrected chi connectivity index (χ1v) is 8.92. The van der Waals surface area contributed by atoms with E-state index < -0.39 is 30.4 Å². The van der Waals surface area contributed by atoms with Gasteiger partial charge in [-0.25, -0.2) is 4.79 Å². The van der Waals surface area contributed by atoms with E-state index in [0.29, 0.717) is 4.88 Å². The predicted octanol–water partition coefficient (Wildman–Crippen LogP) is 1.84. The summed E-state index contributed by atoms with van der Waals surface area (Å²) in [6, 6.07) is 9.67. The number of nitrogens with one attached hydrogen (secondary N) is 2. The molecule has 0 aliphatic rings. The minimum absolute atomic E-state index is 0.197. The largest absolute Gasteiger partial charge is 0.462 e. The van der Waals surface area contributed by atoms with Crippen molar-refractivity contribution in [3.05, 3.63) is 52.2 Å². The van der Waals surface area contributed by atoms with Crippen LogP contribution < -0.4 is 10.6 Å². The number of anilines is 1. The van der Waals surface area contributed by atoms with E-state index in [-0.39, 0.29) is 24.4 Å². The molecule has 0 bridgehead atoms. The number of carbonyl (C=O) groups is 4. The first kappa shape index (κ1) is 20.1. The molecule has 2 N–H and O–H groups in total. The third-order valence-electron chi connectivity index (χ3n) is 3.20. The van der Waals surface area contributed by atoms with Crippen molar-refractivity contribution >= 4 is 40.8 Å². The molecule has 0 saturated heterocycles. The fourth-order valence-electron chi connectivity index (χ4n) is 2.01. The summed E-state index contributed by atoms with van der Waals surface area (Å²) in [7, 11) is 0. The molecule has 0 fully saturated rings. The molecule has 0 aliphatic carbocycles. The molecule has 1 aromatic heterocycles. The van der Waals surface area contributed by atoms with Gasteiger partial charge >= 0.3 is 11.9 Å². The number of hydrogen-bond acceptors (Lipinski definition) is 7. The Morgan fingerprint density at radius 2 is 1.81 bits per heavy atom. The molecule has 0 unspecified atom stereocenters. The highest BCUT2D eigenvalue weighted by Gasteiger charge is 2.15. The summed E-state index contributed by atoms with van der Waals surface area (Å²) in [4.78, 5) is 47.6. The number of para-hydroxylation sites is 1. The normalized spacial score (nSPS) is 9.96. The molecule has 0 aliphatic heterocycles. The number of ether oxygens (including phenoxy) is 2. The van der Waals surface area contributed by atoms with Crippen LogP contribution in [-0.4, -0.2) is 43.5 Å². The smallest absolute Gasteiger partial charge is 0.340 e. The Morgan fingerprint density at radius 3 is 2.52 bits per heavy atom. The van der Waals surface area contributed by atoms with Gasteiger partial charge in [-0.05, 0) is 30.5 Å². The summed E-state index contributed by atoms with van der Waals surface area (Å²) in [5.41, 5.74) is 0.449. The first-order valence-electron chi connectivity index (χ1n) is 8.04. The van der Waals surface area contributed by atoms with Gasteiger partial charge in [0.25, 0.3) is 11.8 Å². The molecule has 0 radical (unpaired) electrons. The van der Waals surface area contributed by atoms with Gasteiger partial charge in [0.15, 0.2) is 6.61 Å². The summed E-state index contributed by atoms with van der Waals surface area (Å²) in [6.07, 6.45) is 0. The summed E-state index contributed by atoms with van der Waals surface area (Å²) < 4.78 is 9.73. The predicted molar refractivity (Wildman–Crippen MR) is 98.6 cm³/mol. The van der Waals surface area contributed by atoms with Gasteiger partial charge in [0.05, 0.1) is 22.7 Å². The summed E-state index contributed by atoms with van der Waals surface area (Å²) in [5, 5.41) is 6.63. The van der Waals surface area contributed by atoms with Gasteiger partial charge in [0, 0.05) is 0 Å². The topological polar surface area (TPSA) is 111 Å². The van der Waals surface area contributed by atoms with E-state index in [2.05, 4.69) is 10.6 Å². The van der Waals surface area contributed by atoms with Crippen molar-refractivity contribution in [2.75, 3.05) is 25.1 Å². The van der Waals surface area contributed by atoms with Gasteiger partial charge in [-0.3, -0.25) is 14.4 Å². The highest BCUT2D eigenvalue weighted by Crippen LogP contribution is 2.16. The molecule has 2 rings (SSSR count). The lowest BCUT2D eigenvalue weighted by molar-refractivity contribution is -0.146. The first-order chi connectivity index (χ1) is 13.0. The maximum Gasteiger partial charge on any atom is 0.340 e. The maximum atomic E-state index is 11.9. The van der Waals surface area contributed by atoms with Crippen LogP contribution in [0.3, 0.4) is 0 Å². The maximum absolute atomic E-state index is 11.9. The van der Waals surface area contributed by atoms with E-state index in [9.17, 15) is 19.2 Å². The Labute approximate surface area is 159 Å². The summed E-state index contributed by atoms with van der Waals surface area (Å²) in [5.74, 6) is -2.34. The molecule has 0 spiro atoms. The van der Waals surface area contributed by atoms with Crippen LogP contribution in [0.4, 0.5) is 5.69 Å². The van der Waals surface area contributed by atoms with E-state index in [1.165, 1.54) is 23.5 Å². The van der Waals surface area contributed by atoms with Crippen LogP contribution in [0.1, 0.15) is 27.0 Å². The summed E-state index contributed by atoms with van der Waals surface area (Å²) >= 11 is 1.24. The number of carbonyl (C=O) groups excluding carboxylic acids is 4. The quantitative estimate of drug-likeness (QED) is 0.666. The fraction of sp³-hybridized carbons (Fsp3) is 0.222. The number of benzene rings is 1. The Morgan fingerprint density at radius 1 is 1.04 bits per heavy atom. The van der Waals surface area contributed by atoms with Gasteiger partial charge in [0.1, 0.15) is 6.54 Å². The minimum atomic E-state index is -0.756. The zero-order chi connectivity index (χ0) is 19.6. The van der Waals surface area contributed by atoms with Crippen LogP contribution in [0.5, 0.6) is 0 Å². The molecule has 0 atom stereocenters. The van der Waals surface area contributed by atoms with Crippen LogP contribution in [-0.2, 0) is 19.1 Å². The third-order valence-corrected chi connectivity index (χ3v) is 4.07. The van der Waals surface area contributed by atoms with Crippen molar-refractivity contribution in [1.82, 2.24) is 5.32 Å². The van der Waals surface area contributed by atoms with Crippen molar-refractivity contribution in [3.8, 4) is 0 Å². The zero-order valence-corrected chi connectivity index (χ0v) is 15.3. The van der Waals surface area contributed by atoms with E-state index in [1.807, 2.05) is 0 Å². The van der Waals surface area contributed by atoms with Crippen molar-refractivity contribution in [2.24, 2.45) is 0 Å². The minimum Gasteiger partial charge on any atom is -0.462 e. The average molecular weight is 390 g/mol. The lowest BCUT2D eigenvalue weighted by Gasteiger charge is -2.10. The van der Waals surface area contributed by atoms with Gasteiger partial charge < -0.3 is 20.1 Å². The Balaban J connectivity index is 1.80. The van der Waals surface area contributed by atoms with Crippen LogP contribution in [0.15, 0.2) is 41.8 Å². The van der Waals surface area contributed by atoms with Crippen molar-refractivity contribution in [2.45, 2.75) is 6.92 Å². The van der Waals surface area contributed by atoms with E-state index in [0.717, 1.165) is 0 Å². The van der Waals surface area contributed by atoms with E-state index in [4.69, 9.17) is 9.47 Å². The van der Waals surface area contributed by atoms with Gasteiger partial charge in [-0.2, -0.15) is 0 Å². The SMILES string of the molecule is CCOC(=O)c1ccccc1NC(=O)COC(=O)CNC(=O)c1cccs1. The molecule has 142 valence electrons. The molecule has 2 aromatic rings. The lowest BCUT2D eigenvalue weighted by atomic mass is 10.2. The average Bonchev–Trinajstić information content (AvgIpc) is 3.20. The molecule has 8 nitrogen and oxygen atoms in total. The number of amides is 2. The highest BCUT2D eigenvalue weighted by molar-refractivity contribution is 7.12. The lowest BCUT2D eigenvalue weighted by Crippen LogP contribution is -2.32. The van der Waals surface area contributed by atoms with E-state index in [1.54, 1.807) is 36.6 Å². The zero-order valence-electron chi connectivity index (χ0n) is 14.5. The second kappa shape index (κ2) is 10.1. The molecule has 2 amide bonds. The molecule has 27 heavy (non-hydrogen) atoms. The van der Waals surface area contributed by atoms with Crippen molar-refractivity contribution < 1.29 is 28.7 Å². The van der Waals surface area contributed by atoms with Crippen LogP contribution >= 0.6 is 11.3 Å². The highest BCUT2D eigenvalue weighted by atomic mass is 32.1.